The van der Waals surface area contributed by atoms with Crippen LogP contribution in [0.5, 0.6) is 0 Å². The Balaban J connectivity index is 0.000000213. The lowest BCUT2D eigenvalue weighted by atomic mass is 9.52. The van der Waals surface area contributed by atoms with Gasteiger partial charge in [-0.25, -0.2) is 4.79 Å². The van der Waals surface area contributed by atoms with E-state index in [1.807, 2.05) is 0 Å². The standard InChI is InChI=1S/C10H16.CH2O3/c1-7-4-5-8-6-9(7)10(8,2)3;2-1(3)4/h8H,4-6H2,1-3H3;(H2,2,3,4). The number of hydrogen-bond acceptors (Lipinski definition) is 1. The predicted molar refractivity (Wildman–Crippen MR) is 54.5 cm³/mol. The molecule has 0 amide bonds. The molecule has 2 N–H and O–H groups in total. The van der Waals surface area contributed by atoms with Gasteiger partial charge in [-0.2, -0.15) is 0 Å². The molecule has 0 aliphatic heterocycles. The molecule has 3 aliphatic rings. The molecule has 1 saturated carbocycles. The normalized spacial score (nSPS) is 27.2. The Morgan fingerprint density at radius 3 is 2.14 bits per heavy atom. The molecule has 1 unspecified atom stereocenters. The van der Waals surface area contributed by atoms with Crippen molar-refractivity contribution in [2.75, 3.05) is 0 Å². The fourth-order valence-electron chi connectivity index (χ4n) is 2.61. The maximum atomic E-state index is 8.56. The topological polar surface area (TPSA) is 57.5 Å². The Morgan fingerprint density at radius 2 is 1.93 bits per heavy atom. The summed E-state index contributed by atoms with van der Waals surface area (Å²) >= 11 is 0. The van der Waals surface area contributed by atoms with E-state index < -0.39 is 6.16 Å². The van der Waals surface area contributed by atoms with E-state index >= 15 is 0 Å². The van der Waals surface area contributed by atoms with Gasteiger partial charge in [0.25, 0.3) is 0 Å². The highest BCUT2D eigenvalue weighted by atomic mass is 16.6. The van der Waals surface area contributed by atoms with Crippen LogP contribution in [0.4, 0.5) is 4.79 Å². The summed E-state index contributed by atoms with van der Waals surface area (Å²) in [5.41, 5.74) is 4.04. The number of hydrogen-bond donors (Lipinski definition) is 2. The molecular weight excluding hydrogens is 180 g/mol. The van der Waals surface area contributed by atoms with Crippen molar-refractivity contribution in [3.8, 4) is 0 Å². The van der Waals surface area contributed by atoms with Crippen LogP contribution in [0.15, 0.2) is 11.1 Å². The van der Waals surface area contributed by atoms with E-state index in [-0.39, 0.29) is 0 Å². The van der Waals surface area contributed by atoms with Gasteiger partial charge in [-0.05, 0) is 37.5 Å². The van der Waals surface area contributed by atoms with Crippen LogP contribution >= 0.6 is 0 Å². The van der Waals surface area contributed by atoms with Gasteiger partial charge in [-0.15, -0.1) is 0 Å². The monoisotopic (exact) mass is 198 g/mol. The van der Waals surface area contributed by atoms with Gasteiger partial charge in [0.2, 0.25) is 0 Å². The van der Waals surface area contributed by atoms with Crippen LogP contribution in [-0.2, 0) is 0 Å². The first-order valence-corrected chi connectivity index (χ1v) is 4.96. The first kappa shape index (κ1) is 11.1. The molecule has 0 spiro atoms. The van der Waals surface area contributed by atoms with Crippen LogP contribution in [0.3, 0.4) is 0 Å². The number of carboxylic acid groups (broad SMARTS) is 2. The summed E-state index contributed by atoms with van der Waals surface area (Å²) < 4.78 is 0. The molecule has 0 aromatic carbocycles. The Labute approximate surface area is 84.4 Å². The molecule has 0 saturated heterocycles. The van der Waals surface area contributed by atoms with Crippen LogP contribution in [0.2, 0.25) is 0 Å². The zero-order valence-corrected chi connectivity index (χ0v) is 9.00. The lowest BCUT2D eigenvalue weighted by Crippen LogP contribution is -2.41. The van der Waals surface area contributed by atoms with E-state index in [1.54, 1.807) is 11.1 Å². The number of allylic oxidation sites excluding steroid dienone is 2. The van der Waals surface area contributed by atoms with E-state index in [9.17, 15) is 0 Å². The second-order valence-corrected chi connectivity index (χ2v) is 4.70. The molecule has 0 aromatic rings. The molecule has 80 valence electrons. The quantitative estimate of drug-likeness (QED) is 0.587. The highest BCUT2D eigenvalue weighted by Gasteiger charge is 2.46. The second kappa shape index (κ2) is 3.64. The molecule has 0 heterocycles. The van der Waals surface area contributed by atoms with Crippen molar-refractivity contribution in [1.82, 2.24) is 0 Å². The Hall–Kier alpha value is -0.990. The largest absolute Gasteiger partial charge is 0.503 e. The summed E-state index contributed by atoms with van der Waals surface area (Å²) in [6.45, 7) is 7.12. The summed E-state index contributed by atoms with van der Waals surface area (Å²) in [7, 11) is 0. The van der Waals surface area contributed by atoms with Crippen LogP contribution in [0.1, 0.15) is 40.0 Å². The van der Waals surface area contributed by atoms with E-state index in [1.165, 1.54) is 19.3 Å². The van der Waals surface area contributed by atoms with Gasteiger partial charge >= 0.3 is 6.16 Å². The average Bonchev–Trinajstić information content (AvgIpc) is 2.02. The highest BCUT2D eigenvalue weighted by Crippen LogP contribution is 2.58. The van der Waals surface area contributed by atoms with Crippen molar-refractivity contribution in [3.63, 3.8) is 0 Å². The number of rotatable bonds is 0. The molecule has 3 nitrogen and oxygen atoms in total. The van der Waals surface area contributed by atoms with Crippen LogP contribution in [-0.4, -0.2) is 16.4 Å². The van der Waals surface area contributed by atoms with Gasteiger partial charge < -0.3 is 10.2 Å². The predicted octanol–water partition coefficient (Wildman–Crippen LogP) is 3.37. The molecule has 3 rings (SSSR count). The first-order chi connectivity index (χ1) is 6.35. The zero-order chi connectivity index (χ0) is 10.9. The molecule has 3 aliphatic carbocycles. The molecule has 14 heavy (non-hydrogen) atoms. The fourth-order valence-corrected chi connectivity index (χ4v) is 2.61. The van der Waals surface area contributed by atoms with Crippen LogP contribution in [0.25, 0.3) is 0 Å². The molecule has 1 atom stereocenters. The van der Waals surface area contributed by atoms with Crippen LogP contribution in [0, 0.1) is 11.3 Å². The van der Waals surface area contributed by atoms with Gasteiger partial charge in [0.15, 0.2) is 0 Å². The van der Waals surface area contributed by atoms with Crippen molar-refractivity contribution in [3.05, 3.63) is 11.1 Å². The molecule has 1 fully saturated rings. The average molecular weight is 198 g/mol. The van der Waals surface area contributed by atoms with Gasteiger partial charge in [0.1, 0.15) is 0 Å². The SMILES string of the molecule is CC1=C2CC(CC1)C2(C)C.O=C(O)O. The van der Waals surface area contributed by atoms with E-state index in [2.05, 4.69) is 20.8 Å². The fraction of sp³-hybridized carbons (Fsp3) is 0.727. The smallest absolute Gasteiger partial charge is 0.450 e. The molecule has 0 aromatic heterocycles. The van der Waals surface area contributed by atoms with Gasteiger partial charge in [0, 0.05) is 0 Å². The van der Waals surface area contributed by atoms with Crippen molar-refractivity contribution >= 4 is 6.16 Å². The Morgan fingerprint density at radius 1 is 1.43 bits per heavy atom. The number of carbonyl (C=O) groups is 1. The Bertz CT molecular complexity index is 272. The van der Waals surface area contributed by atoms with Gasteiger partial charge in [0.05, 0.1) is 0 Å². The maximum absolute atomic E-state index is 8.56. The number of fused-ring (bicyclic) bond motifs is 2. The minimum absolute atomic E-state index is 0.586. The lowest BCUT2D eigenvalue weighted by molar-refractivity contribution is 0.133. The molecule has 3 heteroatoms. The van der Waals surface area contributed by atoms with Crippen molar-refractivity contribution in [2.45, 2.75) is 40.0 Å². The third-order valence-corrected chi connectivity index (χ3v) is 3.63. The van der Waals surface area contributed by atoms with E-state index in [0.29, 0.717) is 5.41 Å². The third-order valence-electron chi connectivity index (χ3n) is 3.63. The van der Waals surface area contributed by atoms with Gasteiger partial charge in [-0.3, -0.25) is 0 Å². The molecular formula is C11H18O3. The Kier molecular flexibility index (Phi) is 2.88. The molecule has 0 radical (unpaired) electrons. The minimum atomic E-state index is -1.83. The lowest BCUT2D eigenvalue weighted by Gasteiger charge is -2.52. The summed E-state index contributed by atoms with van der Waals surface area (Å²) in [6, 6.07) is 0. The summed E-state index contributed by atoms with van der Waals surface area (Å²) in [5.74, 6) is 1.02. The third kappa shape index (κ3) is 1.91. The molecule has 2 bridgehead atoms. The van der Waals surface area contributed by atoms with Crippen LogP contribution < -0.4 is 0 Å². The van der Waals surface area contributed by atoms with Gasteiger partial charge in [-0.1, -0.05) is 25.0 Å². The van der Waals surface area contributed by atoms with E-state index in [0.717, 1.165) is 5.92 Å². The summed E-state index contributed by atoms with van der Waals surface area (Å²) in [6.07, 6.45) is 2.41. The first-order valence-electron chi connectivity index (χ1n) is 4.96. The van der Waals surface area contributed by atoms with Crippen molar-refractivity contribution < 1.29 is 15.0 Å². The highest BCUT2D eigenvalue weighted by molar-refractivity contribution is 5.53. The van der Waals surface area contributed by atoms with E-state index in [4.69, 9.17) is 15.0 Å². The zero-order valence-electron chi connectivity index (χ0n) is 9.00. The maximum Gasteiger partial charge on any atom is 0.503 e. The second-order valence-electron chi connectivity index (χ2n) is 4.70. The summed E-state index contributed by atoms with van der Waals surface area (Å²) in [5, 5.41) is 13.9. The van der Waals surface area contributed by atoms with Crippen molar-refractivity contribution in [1.29, 1.82) is 0 Å². The minimum Gasteiger partial charge on any atom is -0.450 e. The van der Waals surface area contributed by atoms with Crippen molar-refractivity contribution in [2.24, 2.45) is 11.3 Å². The summed E-state index contributed by atoms with van der Waals surface area (Å²) in [4.78, 5) is 8.56.